The van der Waals surface area contributed by atoms with Crippen molar-refractivity contribution in [2.75, 3.05) is 13.7 Å². The maximum absolute atomic E-state index is 11.4. The lowest BCUT2D eigenvalue weighted by atomic mass is 9.82. The fourth-order valence-corrected chi connectivity index (χ4v) is 1.93. The van der Waals surface area contributed by atoms with Crippen LogP contribution < -0.4 is 10.6 Å². The van der Waals surface area contributed by atoms with E-state index < -0.39 is 12.0 Å². The number of methoxy groups -OCH3 is 1. The molecule has 0 aromatic carbocycles. The van der Waals surface area contributed by atoms with E-state index >= 15 is 0 Å². The first-order valence-electron chi connectivity index (χ1n) is 5.61. The molecular weight excluding hydrogens is 208 g/mol. The van der Waals surface area contributed by atoms with Crippen LogP contribution in [0.5, 0.6) is 0 Å². The fraction of sp³-hybridized carbons (Fsp3) is 0.818. The van der Waals surface area contributed by atoms with Gasteiger partial charge in [0.1, 0.15) is 6.04 Å². The maximum atomic E-state index is 11.4. The zero-order chi connectivity index (χ0) is 12.1. The quantitative estimate of drug-likeness (QED) is 0.653. The van der Waals surface area contributed by atoms with Gasteiger partial charge in [0.25, 0.3) is 0 Å². The van der Waals surface area contributed by atoms with Gasteiger partial charge < -0.3 is 15.4 Å². The minimum Gasteiger partial charge on any atom is -0.467 e. The van der Waals surface area contributed by atoms with Crippen LogP contribution in [0.25, 0.3) is 0 Å². The van der Waals surface area contributed by atoms with Gasteiger partial charge in [-0.25, -0.2) is 4.79 Å². The lowest BCUT2D eigenvalue weighted by Crippen LogP contribution is -2.51. The van der Waals surface area contributed by atoms with E-state index in [2.05, 4.69) is 22.3 Å². The van der Waals surface area contributed by atoms with Crippen LogP contribution in [-0.2, 0) is 14.3 Å². The lowest BCUT2D eigenvalue weighted by molar-refractivity contribution is -0.144. The molecule has 16 heavy (non-hydrogen) atoms. The van der Waals surface area contributed by atoms with Crippen LogP contribution in [0.3, 0.4) is 0 Å². The molecule has 0 aromatic rings. The van der Waals surface area contributed by atoms with Crippen molar-refractivity contribution < 1.29 is 14.3 Å². The molecule has 1 unspecified atom stereocenters. The molecule has 0 aliphatic heterocycles. The Morgan fingerprint density at radius 1 is 1.44 bits per heavy atom. The molecule has 0 bridgehead atoms. The molecule has 1 aliphatic rings. The average molecular weight is 228 g/mol. The Morgan fingerprint density at radius 3 is 2.50 bits per heavy atom. The molecule has 5 nitrogen and oxygen atoms in total. The van der Waals surface area contributed by atoms with Crippen LogP contribution in [0, 0.1) is 5.92 Å². The topological polar surface area (TPSA) is 67.4 Å². The number of amides is 1. The van der Waals surface area contributed by atoms with Gasteiger partial charge in [-0.15, -0.1) is 0 Å². The predicted molar refractivity (Wildman–Crippen MR) is 59.8 cm³/mol. The fourth-order valence-electron chi connectivity index (χ4n) is 1.93. The van der Waals surface area contributed by atoms with Gasteiger partial charge in [0, 0.05) is 19.5 Å². The minimum absolute atomic E-state index is 0.223. The Balaban J connectivity index is 2.32. The van der Waals surface area contributed by atoms with Gasteiger partial charge in [-0.1, -0.05) is 6.92 Å². The van der Waals surface area contributed by atoms with E-state index in [0.717, 1.165) is 18.8 Å². The summed E-state index contributed by atoms with van der Waals surface area (Å²) in [6, 6.07) is -0.116. The molecule has 1 amide bonds. The first-order chi connectivity index (χ1) is 7.52. The average Bonchev–Trinajstić information content (AvgIpc) is 2.19. The van der Waals surface area contributed by atoms with E-state index in [4.69, 9.17) is 0 Å². The molecule has 1 aliphatic carbocycles. The van der Waals surface area contributed by atoms with Gasteiger partial charge in [-0.3, -0.25) is 4.79 Å². The maximum Gasteiger partial charge on any atom is 0.329 e. The van der Waals surface area contributed by atoms with E-state index in [1.807, 2.05) is 0 Å². The Labute approximate surface area is 95.9 Å². The summed E-state index contributed by atoms with van der Waals surface area (Å²) in [6.07, 6.45) is 2.27. The molecule has 5 heteroatoms. The second kappa shape index (κ2) is 5.84. The SMILES string of the molecule is COC(=O)C(CNC1CC(C)C1)NC(C)=O. The van der Waals surface area contributed by atoms with Crippen molar-refractivity contribution in [1.82, 2.24) is 10.6 Å². The third kappa shape index (κ3) is 3.81. The third-order valence-corrected chi connectivity index (χ3v) is 2.85. The standard InChI is InChI=1S/C11H20N2O3/c1-7-4-9(5-7)12-6-10(11(15)16-3)13-8(2)14/h7,9-10,12H,4-6H2,1-3H3,(H,13,14). The summed E-state index contributed by atoms with van der Waals surface area (Å²) in [7, 11) is 1.32. The van der Waals surface area contributed by atoms with Crippen LogP contribution in [0.4, 0.5) is 0 Å². The number of hydrogen-bond donors (Lipinski definition) is 2. The first-order valence-corrected chi connectivity index (χ1v) is 5.61. The normalized spacial score (nSPS) is 25.4. The van der Waals surface area contributed by atoms with E-state index in [9.17, 15) is 9.59 Å². The number of ether oxygens (including phenoxy) is 1. The van der Waals surface area contributed by atoms with Crippen LogP contribution in [0.15, 0.2) is 0 Å². The molecule has 0 saturated heterocycles. The molecule has 1 saturated carbocycles. The summed E-state index contributed by atoms with van der Waals surface area (Å²) >= 11 is 0. The molecule has 0 heterocycles. The second-order valence-electron chi connectivity index (χ2n) is 4.46. The van der Waals surface area contributed by atoms with Gasteiger partial charge in [0.15, 0.2) is 0 Å². The number of carbonyl (C=O) groups is 2. The van der Waals surface area contributed by atoms with E-state index in [1.165, 1.54) is 14.0 Å². The Morgan fingerprint density at radius 2 is 2.06 bits per heavy atom. The highest BCUT2D eigenvalue weighted by atomic mass is 16.5. The molecule has 92 valence electrons. The summed E-state index contributed by atoms with van der Waals surface area (Å²) in [6.45, 7) is 4.02. The van der Waals surface area contributed by atoms with Gasteiger partial charge in [0.05, 0.1) is 7.11 Å². The zero-order valence-electron chi connectivity index (χ0n) is 10.1. The number of esters is 1. The summed E-state index contributed by atoms with van der Waals surface area (Å²) in [5.74, 6) is 0.129. The van der Waals surface area contributed by atoms with E-state index in [-0.39, 0.29) is 5.91 Å². The summed E-state index contributed by atoms with van der Waals surface area (Å²) in [4.78, 5) is 22.3. The second-order valence-corrected chi connectivity index (χ2v) is 4.46. The Hall–Kier alpha value is -1.10. The molecule has 1 atom stereocenters. The van der Waals surface area contributed by atoms with Crippen molar-refractivity contribution in [2.24, 2.45) is 5.92 Å². The monoisotopic (exact) mass is 228 g/mol. The Bertz CT molecular complexity index is 262. The number of rotatable bonds is 5. The van der Waals surface area contributed by atoms with Crippen molar-refractivity contribution in [1.29, 1.82) is 0 Å². The van der Waals surface area contributed by atoms with Crippen LogP contribution in [-0.4, -0.2) is 37.6 Å². The van der Waals surface area contributed by atoms with Gasteiger partial charge >= 0.3 is 5.97 Å². The smallest absolute Gasteiger partial charge is 0.329 e. The van der Waals surface area contributed by atoms with Gasteiger partial charge in [-0.2, -0.15) is 0 Å². The molecule has 0 radical (unpaired) electrons. The Kier molecular flexibility index (Phi) is 4.73. The molecular formula is C11H20N2O3. The number of carbonyl (C=O) groups excluding carboxylic acids is 2. The van der Waals surface area contributed by atoms with Crippen LogP contribution in [0.1, 0.15) is 26.7 Å². The predicted octanol–water partition coefficient (Wildman–Crippen LogP) is 0.0522. The summed E-state index contributed by atoms with van der Waals surface area (Å²) in [5, 5.41) is 5.82. The number of nitrogens with one attached hydrogen (secondary N) is 2. The minimum atomic E-state index is -0.585. The van der Waals surface area contributed by atoms with Crippen molar-refractivity contribution in [3.8, 4) is 0 Å². The molecule has 2 N–H and O–H groups in total. The highest BCUT2D eigenvalue weighted by Crippen LogP contribution is 2.25. The van der Waals surface area contributed by atoms with Gasteiger partial charge in [-0.05, 0) is 18.8 Å². The molecule has 1 fully saturated rings. The van der Waals surface area contributed by atoms with Crippen LogP contribution >= 0.6 is 0 Å². The highest BCUT2D eigenvalue weighted by Gasteiger charge is 2.27. The first kappa shape index (κ1) is 13.0. The highest BCUT2D eigenvalue weighted by molar-refractivity contribution is 5.83. The van der Waals surface area contributed by atoms with Crippen molar-refractivity contribution in [2.45, 2.75) is 38.8 Å². The zero-order valence-corrected chi connectivity index (χ0v) is 10.1. The largest absolute Gasteiger partial charge is 0.467 e. The van der Waals surface area contributed by atoms with Crippen molar-refractivity contribution >= 4 is 11.9 Å². The number of hydrogen-bond acceptors (Lipinski definition) is 4. The van der Waals surface area contributed by atoms with E-state index in [1.54, 1.807) is 0 Å². The molecule has 1 rings (SSSR count). The van der Waals surface area contributed by atoms with Crippen molar-refractivity contribution in [3.05, 3.63) is 0 Å². The molecule has 0 spiro atoms. The lowest BCUT2D eigenvalue weighted by Gasteiger charge is -2.34. The van der Waals surface area contributed by atoms with Crippen LogP contribution in [0.2, 0.25) is 0 Å². The van der Waals surface area contributed by atoms with Crippen molar-refractivity contribution in [3.63, 3.8) is 0 Å². The van der Waals surface area contributed by atoms with E-state index in [0.29, 0.717) is 12.6 Å². The van der Waals surface area contributed by atoms with Gasteiger partial charge in [0.2, 0.25) is 5.91 Å². The summed E-state index contributed by atoms with van der Waals surface area (Å²) in [5.41, 5.74) is 0. The molecule has 0 aromatic heterocycles. The summed E-state index contributed by atoms with van der Waals surface area (Å²) < 4.78 is 4.62. The third-order valence-electron chi connectivity index (χ3n) is 2.85.